The molecule has 3 aromatic rings. The van der Waals surface area contributed by atoms with Gasteiger partial charge in [-0.3, -0.25) is 4.79 Å². The van der Waals surface area contributed by atoms with Crippen molar-refractivity contribution in [2.75, 3.05) is 0 Å². The Bertz CT molecular complexity index is 844. The first kappa shape index (κ1) is 17.1. The quantitative estimate of drug-likeness (QED) is 0.527. The van der Waals surface area contributed by atoms with E-state index < -0.39 is 5.92 Å². The molecule has 0 radical (unpaired) electrons. The van der Waals surface area contributed by atoms with E-state index >= 15 is 0 Å². The molecule has 0 saturated heterocycles. The zero-order valence-electron chi connectivity index (χ0n) is 12.7. The Morgan fingerprint density at radius 3 is 2.67 bits per heavy atom. The Labute approximate surface area is 151 Å². The maximum atomic E-state index is 13.1. The summed E-state index contributed by atoms with van der Waals surface area (Å²) in [7, 11) is 0. The van der Waals surface area contributed by atoms with Crippen molar-refractivity contribution >= 4 is 40.2 Å². The minimum Gasteiger partial charge on any atom is -0.412 e. The van der Waals surface area contributed by atoms with E-state index in [4.69, 9.17) is 16.3 Å². The van der Waals surface area contributed by atoms with Crippen molar-refractivity contribution in [3.63, 3.8) is 0 Å². The Kier molecular flexibility index (Phi) is 5.28. The molecule has 7 heteroatoms. The van der Waals surface area contributed by atoms with Crippen LogP contribution in [0, 0.1) is 5.82 Å². The molecule has 2 heterocycles. The fourth-order valence-electron chi connectivity index (χ4n) is 2.31. The van der Waals surface area contributed by atoms with Gasteiger partial charge in [0.2, 0.25) is 5.06 Å². The van der Waals surface area contributed by atoms with Crippen LogP contribution >= 0.6 is 34.3 Å². The molecule has 0 amide bonds. The fourth-order valence-corrected chi connectivity index (χ4v) is 4.07. The number of carbonyl (C=O) groups excluding carboxylic acids is 1. The summed E-state index contributed by atoms with van der Waals surface area (Å²) in [5.41, 5.74) is 2.97. The van der Waals surface area contributed by atoms with E-state index in [0.717, 1.165) is 10.4 Å². The van der Waals surface area contributed by atoms with Gasteiger partial charge in [-0.2, -0.15) is 0 Å². The van der Waals surface area contributed by atoms with E-state index in [1.54, 1.807) is 23.7 Å². The first-order valence-corrected chi connectivity index (χ1v) is 9.32. The number of aromatic nitrogens is 1. The van der Waals surface area contributed by atoms with Gasteiger partial charge in [0, 0.05) is 0 Å². The summed E-state index contributed by atoms with van der Waals surface area (Å²) in [6.07, 6.45) is 0.559. The highest BCUT2D eigenvalue weighted by molar-refractivity contribution is 7.20. The third kappa shape index (κ3) is 3.66. The smallest absolute Gasteiger partial charge is 0.319 e. The Hall–Kier alpha value is -1.76. The van der Waals surface area contributed by atoms with Gasteiger partial charge in [0.15, 0.2) is 0 Å². The topological polar surface area (TPSA) is 39.2 Å². The Balaban J connectivity index is 1.81. The number of nitrogens with zero attached hydrogens (tertiary/aromatic N) is 1. The monoisotopic (exact) mass is 381 g/mol. The number of hydrogen-bond donors (Lipinski definition) is 0. The maximum Gasteiger partial charge on any atom is 0.319 e. The summed E-state index contributed by atoms with van der Waals surface area (Å²) in [4.78, 5) is 17.7. The molecule has 0 aliphatic carbocycles. The fraction of sp³-hybridized carbons (Fsp3) is 0.176. The molecule has 1 aromatic carbocycles. The van der Waals surface area contributed by atoms with Gasteiger partial charge in [-0.1, -0.05) is 42.0 Å². The lowest BCUT2D eigenvalue weighted by Gasteiger charge is -2.14. The molecular formula is C17H13ClFNO2S2. The molecule has 0 saturated carbocycles. The van der Waals surface area contributed by atoms with Gasteiger partial charge in [0.05, 0.1) is 20.6 Å². The highest BCUT2D eigenvalue weighted by atomic mass is 35.5. The molecule has 0 bridgehead atoms. The van der Waals surface area contributed by atoms with Crippen molar-refractivity contribution in [3.8, 4) is 15.6 Å². The lowest BCUT2D eigenvalue weighted by molar-refractivity contribution is -0.135. The summed E-state index contributed by atoms with van der Waals surface area (Å²) < 4.78 is 19.3. The molecule has 0 aliphatic rings. The zero-order chi connectivity index (χ0) is 17.1. The van der Waals surface area contributed by atoms with Gasteiger partial charge in [-0.05, 0) is 36.2 Å². The van der Waals surface area contributed by atoms with Crippen molar-refractivity contribution in [1.29, 1.82) is 0 Å². The molecule has 0 fully saturated rings. The SMILES string of the molecule is CCC(C(=O)Oc1scnc1-c1ccc(Cl)s1)c1ccc(F)cc1. The molecule has 3 nitrogen and oxygen atoms in total. The van der Waals surface area contributed by atoms with Crippen molar-refractivity contribution < 1.29 is 13.9 Å². The van der Waals surface area contributed by atoms with Gasteiger partial charge in [0.1, 0.15) is 11.5 Å². The van der Waals surface area contributed by atoms with Gasteiger partial charge in [0.25, 0.3) is 0 Å². The number of ether oxygens (including phenoxy) is 1. The first-order valence-electron chi connectivity index (χ1n) is 7.24. The van der Waals surface area contributed by atoms with E-state index in [9.17, 15) is 9.18 Å². The normalized spacial score (nSPS) is 12.1. The zero-order valence-corrected chi connectivity index (χ0v) is 15.1. The van der Waals surface area contributed by atoms with Crippen molar-refractivity contribution in [3.05, 3.63) is 57.6 Å². The molecular weight excluding hydrogens is 369 g/mol. The molecule has 0 N–H and O–H groups in total. The van der Waals surface area contributed by atoms with Crippen molar-refractivity contribution in [2.24, 2.45) is 0 Å². The van der Waals surface area contributed by atoms with E-state index in [1.807, 2.05) is 13.0 Å². The lowest BCUT2D eigenvalue weighted by atomic mass is 9.97. The van der Waals surface area contributed by atoms with E-state index in [2.05, 4.69) is 4.98 Å². The van der Waals surface area contributed by atoms with Crippen LogP contribution in [0.25, 0.3) is 10.6 Å². The van der Waals surface area contributed by atoms with E-state index in [0.29, 0.717) is 21.5 Å². The van der Waals surface area contributed by atoms with Gasteiger partial charge in [-0.25, -0.2) is 9.37 Å². The number of thiophene rings is 1. The summed E-state index contributed by atoms with van der Waals surface area (Å²) in [6, 6.07) is 9.53. The maximum absolute atomic E-state index is 13.1. The average Bonchev–Trinajstić information content (AvgIpc) is 3.18. The van der Waals surface area contributed by atoms with Crippen LogP contribution in [0.15, 0.2) is 41.9 Å². The van der Waals surface area contributed by atoms with Gasteiger partial charge < -0.3 is 4.74 Å². The van der Waals surface area contributed by atoms with Gasteiger partial charge in [-0.15, -0.1) is 11.3 Å². The van der Waals surface area contributed by atoms with Crippen molar-refractivity contribution in [1.82, 2.24) is 4.98 Å². The first-order chi connectivity index (χ1) is 11.6. The molecule has 0 spiro atoms. The minimum atomic E-state index is -0.451. The molecule has 2 aromatic heterocycles. The number of esters is 1. The predicted molar refractivity (Wildman–Crippen MR) is 95.5 cm³/mol. The van der Waals surface area contributed by atoms with Crippen LogP contribution in [-0.2, 0) is 4.79 Å². The molecule has 3 rings (SSSR count). The molecule has 1 unspecified atom stereocenters. The number of thiazole rings is 1. The number of benzene rings is 1. The molecule has 1 atom stereocenters. The number of halogens is 2. The van der Waals surface area contributed by atoms with E-state index in [1.165, 1.54) is 34.8 Å². The Morgan fingerprint density at radius 2 is 2.04 bits per heavy atom. The average molecular weight is 382 g/mol. The van der Waals surface area contributed by atoms with Crippen LogP contribution in [0.2, 0.25) is 4.34 Å². The summed E-state index contributed by atoms with van der Waals surface area (Å²) in [5.74, 6) is -1.16. The third-order valence-corrected chi connectivity index (χ3v) is 5.44. The highest BCUT2D eigenvalue weighted by Crippen LogP contribution is 2.39. The summed E-state index contributed by atoms with van der Waals surface area (Å²) >= 11 is 8.59. The van der Waals surface area contributed by atoms with Crippen LogP contribution in [0.3, 0.4) is 0 Å². The summed E-state index contributed by atoms with van der Waals surface area (Å²) in [5, 5.41) is 0.444. The van der Waals surface area contributed by atoms with Crippen LogP contribution in [0.4, 0.5) is 4.39 Å². The largest absolute Gasteiger partial charge is 0.412 e. The minimum absolute atomic E-state index is 0.332. The number of carbonyl (C=O) groups is 1. The summed E-state index contributed by atoms with van der Waals surface area (Å²) in [6.45, 7) is 1.89. The molecule has 0 aliphatic heterocycles. The number of rotatable bonds is 5. The van der Waals surface area contributed by atoms with E-state index in [-0.39, 0.29) is 11.8 Å². The van der Waals surface area contributed by atoms with Crippen LogP contribution in [0.1, 0.15) is 24.8 Å². The third-order valence-electron chi connectivity index (χ3n) is 3.50. The Morgan fingerprint density at radius 1 is 1.29 bits per heavy atom. The lowest BCUT2D eigenvalue weighted by Crippen LogP contribution is -2.18. The van der Waals surface area contributed by atoms with Crippen LogP contribution in [0.5, 0.6) is 5.06 Å². The standard InChI is InChI=1S/C17H13ClFNO2S2/c1-2-12(10-3-5-11(19)6-4-10)16(21)22-17-15(20-9-23-17)13-7-8-14(18)24-13/h3-9,12H,2H2,1H3. The second-order valence-electron chi connectivity index (χ2n) is 5.03. The number of hydrogen-bond acceptors (Lipinski definition) is 5. The second kappa shape index (κ2) is 7.42. The molecule has 24 heavy (non-hydrogen) atoms. The van der Waals surface area contributed by atoms with Gasteiger partial charge >= 0.3 is 5.97 Å². The second-order valence-corrected chi connectivity index (χ2v) is 7.56. The van der Waals surface area contributed by atoms with Crippen LogP contribution in [-0.4, -0.2) is 11.0 Å². The predicted octanol–water partition coefficient (Wildman–Crippen LogP) is 5.76. The van der Waals surface area contributed by atoms with Crippen LogP contribution < -0.4 is 4.74 Å². The van der Waals surface area contributed by atoms with Crippen molar-refractivity contribution in [2.45, 2.75) is 19.3 Å². The molecule has 124 valence electrons. The highest BCUT2D eigenvalue weighted by Gasteiger charge is 2.23.